The number of benzene rings is 3. The van der Waals surface area contributed by atoms with Crippen LogP contribution in [0.3, 0.4) is 0 Å². The summed E-state index contributed by atoms with van der Waals surface area (Å²) >= 11 is 0. The molecule has 0 aliphatic carbocycles. The number of carbonyl (C=O) groups is 2. The van der Waals surface area contributed by atoms with E-state index < -0.39 is 0 Å². The van der Waals surface area contributed by atoms with E-state index in [1.807, 2.05) is 12.4 Å². The van der Waals surface area contributed by atoms with Gasteiger partial charge in [-0.3, -0.25) is 24.3 Å². The van der Waals surface area contributed by atoms with Gasteiger partial charge in [-0.15, -0.1) is 0 Å². The van der Waals surface area contributed by atoms with Crippen LogP contribution in [0.5, 0.6) is 5.88 Å². The minimum atomic E-state index is -0.222. The van der Waals surface area contributed by atoms with Crippen LogP contribution in [0.15, 0.2) is 79.1 Å². The van der Waals surface area contributed by atoms with Gasteiger partial charge in [-0.05, 0) is 65.9 Å². The Hall–Kier alpha value is -5.59. The predicted molar refractivity (Wildman–Crippen MR) is 210 cm³/mol. The van der Waals surface area contributed by atoms with Gasteiger partial charge >= 0.3 is 0 Å². The van der Waals surface area contributed by atoms with E-state index >= 15 is 0 Å². The van der Waals surface area contributed by atoms with Crippen LogP contribution in [-0.2, 0) is 16.1 Å². The minimum Gasteiger partial charge on any atom is -0.474 e. The predicted octanol–water partition coefficient (Wildman–Crippen LogP) is 5.42. The summed E-state index contributed by atoms with van der Waals surface area (Å²) in [4.78, 5) is 47.3. The molecule has 2 amide bonds. The van der Waals surface area contributed by atoms with E-state index in [0.717, 1.165) is 96.9 Å². The molecule has 12 nitrogen and oxygen atoms in total. The van der Waals surface area contributed by atoms with Crippen molar-refractivity contribution in [2.24, 2.45) is 0 Å². The molecule has 9 rings (SSSR count). The van der Waals surface area contributed by atoms with Gasteiger partial charge in [0.15, 0.2) is 0 Å². The first-order valence-electron chi connectivity index (χ1n) is 19.0. The highest BCUT2D eigenvalue weighted by atomic mass is 16.5. The molecule has 2 aromatic heterocycles. The summed E-state index contributed by atoms with van der Waals surface area (Å²) in [7, 11) is 1.59. The quantitative estimate of drug-likeness (QED) is 0.200. The third-order valence-electron chi connectivity index (χ3n) is 11.6. The van der Waals surface area contributed by atoms with Crippen LogP contribution in [0.1, 0.15) is 35.4 Å². The van der Waals surface area contributed by atoms with Crippen molar-refractivity contribution in [3.8, 4) is 17.0 Å². The molecule has 1 atom stereocenters. The summed E-state index contributed by atoms with van der Waals surface area (Å²) < 4.78 is 5.72. The largest absolute Gasteiger partial charge is 0.474 e. The number of anilines is 4. The fourth-order valence-corrected chi connectivity index (χ4v) is 8.17. The van der Waals surface area contributed by atoms with E-state index in [4.69, 9.17) is 9.72 Å². The van der Waals surface area contributed by atoms with Gasteiger partial charge in [0.1, 0.15) is 12.3 Å². The molecule has 3 aromatic carbocycles. The number of aromatic nitrogens is 3. The Morgan fingerprint density at radius 3 is 2.52 bits per heavy atom. The lowest BCUT2D eigenvalue weighted by atomic mass is 9.89. The Morgan fingerprint density at radius 1 is 0.926 bits per heavy atom. The molecule has 54 heavy (non-hydrogen) atoms. The van der Waals surface area contributed by atoms with Crippen molar-refractivity contribution >= 4 is 45.7 Å². The summed E-state index contributed by atoms with van der Waals surface area (Å²) in [5, 5.41) is 7.80. The number of likely N-dealkylation sites (tertiary alicyclic amines) is 1. The van der Waals surface area contributed by atoms with Crippen molar-refractivity contribution in [1.29, 1.82) is 0 Å². The van der Waals surface area contributed by atoms with Gasteiger partial charge in [0.25, 0.3) is 0 Å². The van der Waals surface area contributed by atoms with Crippen LogP contribution in [0.4, 0.5) is 23.0 Å². The van der Waals surface area contributed by atoms with Crippen LogP contribution >= 0.6 is 0 Å². The average molecular weight is 724 g/mol. The number of ether oxygens (including phenoxy) is 1. The number of nitrogens with zero attached hydrogens (tertiary/aromatic N) is 7. The maximum Gasteiger partial charge on any atom is 0.237 e. The third-order valence-corrected chi connectivity index (χ3v) is 11.6. The number of hydrogen-bond acceptors (Lipinski definition) is 11. The number of carbonyl (C=O) groups excluding carboxylic acids is 2. The van der Waals surface area contributed by atoms with Crippen LogP contribution in [0, 0.1) is 6.92 Å². The lowest BCUT2D eigenvalue weighted by Gasteiger charge is -2.49. The first-order chi connectivity index (χ1) is 26.4. The second-order valence-corrected chi connectivity index (χ2v) is 14.9. The summed E-state index contributed by atoms with van der Waals surface area (Å²) in [6.45, 7) is 10.7. The lowest BCUT2D eigenvalue weighted by Crippen LogP contribution is -2.63. The summed E-state index contributed by atoms with van der Waals surface area (Å²) in [5.74, 6) is 0.820. The molecular weight excluding hydrogens is 679 g/mol. The van der Waals surface area contributed by atoms with Crippen molar-refractivity contribution < 1.29 is 14.3 Å². The van der Waals surface area contributed by atoms with Gasteiger partial charge in [0, 0.05) is 107 Å². The Balaban J connectivity index is 0.754. The van der Waals surface area contributed by atoms with Crippen molar-refractivity contribution in [2.75, 3.05) is 75.0 Å². The van der Waals surface area contributed by atoms with Gasteiger partial charge in [-0.2, -0.15) is 0 Å². The number of nitrogens with one attached hydrogen (secondary N) is 2. The van der Waals surface area contributed by atoms with Crippen LogP contribution in [0.2, 0.25) is 0 Å². The van der Waals surface area contributed by atoms with Crippen molar-refractivity contribution in [2.45, 2.75) is 38.3 Å². The van der Waals surface area contributed by atoms with Gasteiger partial charge in [0.05, 0.1) is 11.4 Å². The molecule has 0 spiro atoms. The number of likely N-dealkylation sites (N-methyl/N-ethyl adjacent to an activating group) is 1. The number of piperazine rings is 1. The summed E-state index contributed by atoms with van der Waals surface area (Å²) in [6, 6.07) is 23.8. The number of piperidine rings is 1. The third kappa shape index (κ3) is 6.71. The monoisotopic (exact) mass is 723 g/mol. The molecule has 3 fully saturated rings. The van der Waals surface area contributed by atoms with E-state index in [1.165, 1.54) is 16.2 Å². The second kappa shape index (κ2) is 14.3. The van der Waals surface area contributed by atoms with Crippen LogP contribution < -0.4 is 20.3 Å². The normalized spacial score (nSPS) is 19.6. The smallest absolute Gasteiger partial charge is 0.237 e. The number of fused-ring (bicyclic) bond motifs is 2. The molecule has 0 saturated carbocycles. The fourth-order valence-electron chi connectivity index (χ4n) is 8.17. The molecule has 5 aromatic rings. The molecule has 12 heteroatoms. The molecule has 276 valence electrons. The SMILES string of the molecule is Cc1c(-c2ccc3cnc(Nc4ccc(CN5CCN(C6CN(c7ccc(C8CCC(=O)N(C)C8=O)cc7)C6)CC5)cc4)nc3c2)cnc2c1NCCO2. The Morgan fingerprint density at radius 2 is 1.72 bits per heavy atom. The Labute approximate surface area is 315 Å². The zero-order valence-corrected chi connectivity index (χ0v) is 30.8. The first kappa shape index (κ1) is 34.2. The van der Waals surface area contributed by atoms with E-state index in [1.54, 1.807) is 7.05 Å². The average Bonchev–Trinajstić information content (AvgIpc) is 3.18. The number of amides is 2. The zero-order valence-electron chi connectivity index (χ0n) is 30.8. The first-order valence-corrected chi connectivity index (χ1v) is 19.0. The van der Waals surface area contributed by atoms with Crippen LogP contribution in [-0.4, -0.2) is 107 Å². The molecular formula is C42H45N9O3. The topological polar surface area (TPSA) is 119 Å². The second-order valence-electron chi connectivity index (χ2n) is 14.9. The van der Waals surface area contributed by atoms with Gasteiger partial charge in [-0.1, -0.05) is 36.4 Å². The fraction of sp³-hybridized carbons (Fsp3) is 0.357. The zero-order chi connectivity index (χ0) is 36.8. The highest BCUT2D eigenvalue weighted by Gasteiger charge is 2.35. The van der Waals surface area contributed by atoms with Crippen molar-refractivity contribution in [1.82, 2.24) is 29.7 Å². The molecule has 4 aliphatic heterocycles. The van der Waals surface area contributed by atoms with E-state index in [9.17, 15) is 9.59 Å². The standard InChI is InChI=1S/C42H45N9O3/c1-27-36(23-44-40-39(27)43-15-20-54-40)30-5-6-31-22-45-42(47-37(31)21-30)46-32-9-3-28(4-10-32)24-49-16-18-50(19-17-49)34-25-51(26-34)33-11-7-29(8-12-33)35-13-14-38(52)48(2)41(35)53/h3-12,21-23,34-35,43H,13-20,24-26H2,1-2H3,(H,45,46,47). The van der Waals surface area contributed by atoms with Crippen LogP contribution in [0.25, 0.3) is 22.0 Å². The lowest BCUT2D eigenvalue weighted by molar-refractivity contribution is -0.147. The van der Waals surface area contributed by atoms with Gasteiger partial charge in [-0.25, -0.2) is 15.0 Å². The molecule has 0 radical (unpaired) electrons. The number of hydrogen-bond donors (Lipinski definition) is 2. The number of imide groups is 1. The molecule has 0 bridgehead atoms. The van der Waals surface area contributed by atoms with Gasteiger partial charge in [0.2, 0.25) is 23.6 Å². The van der Waals surface area contributed by atoms with E-state index in [0.29, 0.717) is 37.3 Å². The van der Waals surface area contributed by atoms with E-state index in [2.05, 4.69) is 109 Å². The molecule has 2 N–H and O–H groups in total. The van der Waals surface area contributed by atoms with Gasteiger partial charge < -0.3 is 20.3 Å². The number of pyridine rings is 1. The molecule has 3 saturated heterocycles. The molecule has 6 heterocycles. The maximum absolute atomic E-state index is 12.6. The van der Waals surface area contributed by atoms with E-state index in [-0.39, 0.29) is 17.7 Å². The Kier molecular flexibility index (Phi) is 9.08. The highest BCUT2D eigenvalue weighted by Crippen LogP contribution is 2.36. The highest BCUT2D eigenvalue weighted by molar-refractivity contribution is 6.00. The summed E-state index contributed by atoms with van der Waals surface area (Å²) in [6.07, 6.45) is 4.76. The van der Waals surface area contributed by atoms with Crippen molar-refractivity contribution in [3.05, 3.63) is 95.8 Å². The maximum atomic E-state index is 12.6. The number of rotatable bonds is 8. The molecule has 4 aliphatic rings. The minimum absolute atomic E-state index is 0.0868. The molecule has 1 unspecified atom stereocenters. The summed E-state index contributed by atoms with van der Waals surface area (Å²) in [5.41, 5.74) is 9.49. The Bertz CT molecular complexity index is 2200. The van der Waals surface area contributed by atoms with Crippen molar-refractivity contribution in [3.63, 3.8) is 0 Å².